The van der Waals surface area contributed by atoms with Crippen molar-refractivity contribution in [2.24, 2.45) is 17.4 Å². The summed E-state index contributed by atoms with van der Waals surface area (Å²) in [5.41, 5.74) is 10.9. The first kappa shape index (κ1) is 18.2. The van der Waals surface area contributed by atoms with Crippen molar-refractivity contribution in [3.05, 3.63) is 0 Å². The Kier molecular flexibility index (Phi) is 5.70. The molecule has 1 amide bonds. The number of carbonyl (C=O) groups excluding carboxylic acids is 2. The van der Waals surface area contributed by atoms with E-state index in [4.69, 9.17) is 20.8 Å². The number of rotatable bonds is 3. The number of carbonyl (C=O) groups is 2. The first-order valence-electron chi connectivity index (χ1n) is 8.44. The van der Waals surface area contributed by atoms with E-state index in [9.17, 15) is 9.59 Å². The van der Waals surface area contributed by atoms with Crippen LogP contribution in [0.1, 0.15) is 40.0 Å². The minimum atomic E-state index is -1.17. The summed E-state index contributed by atoms with van der Waals surface area (Å²) in [7, 11) is -0.570. The van der Waals surface area contributed by atoms with Gasteiger partial charge in [-0.15, -0.1) is 0 Å². The zero-order valence-corrected chi connectivity index (χ0v) is 14.3. The van der Waals surface area contributed by atoms with Gasteiger partial charge in [0.25, 0.3) is 0 Å². The fourth-order valence-corrected chi connectivity index (χ4v) is 3.36. The van der Waals surface area contributed by atoms with E-state index in [1.54, 1.807) is 11.8 Å². The van der Waals surface area contributed by atoms with Gasteiger partial charge in [0.2, 0.25) is 5.91 Å². The second-order valence-corrected chi connectivity index (χ2v) is 7.05. The number of likely N-dealkylation sites (tertiary alicyclic amines) is 1. The van der Waals surface area contributed by atoms with E-state index in [1.165, 1.54) is 0 Å². The van der Waals surface area contributed by atoms with Gasteiger partial charge in [-0.1, -0.05) is 12.8 Å². The SMILES string of the molecule is CC(C)OB1CCCC[C@H]2CN(C(=O)[C@H](C)N)C[C@@]2(N)C(=O)O1. The molecule has 23 heavy (non-hydrogen) atoms. The van der Waals surface area contributed by atoms with E-state index >= 15 is 0 Å². The highest BCUT2D eigenvalue weighted by Crippen LogP contribution is 2.33. The third kappa shape index (κ3) is 4.05. The van der Waals surface area contributed by atoms with Crippen molar-refractivity contribution in [1.29, 1.82) is 0 Å². The van der Waals surface area contributed by atoms with Crippen molar-refractivity contribution >= 4 is 19.0 Å². The summed E-state index contributed by atoms with van der Waals surface area (Å²) in [6.45, 7) is 6.06. The van der Waals surface area contributed by atoms with E-state index < -0.39 is 24.7 Å². The predicted molar refractivity (Wildman–Crippen MR) is 87.4 cm³/mol. The molecule has 2 aliphatic heterocycles. The number of nitrogens with two attached hydrogens (primary N) is 2. The highest BCUT2D eigenvalue weighted by atomic mass is 16.6. The Morgan fingerprint density at radius 2 is 2.13 bits per heavy atom. The van der Waals surface area contributed by atoms with Gasteiger partial charge in [0.1, 0.15) is 5.54 Å². The molecule has 2 rings (SSSR count). The van der Waals surface area contributed by atoms with E-state index in [0.717, 1.165) is 19.3 Å². The summed E-state index contributed by atoms with van der Waals surface area (Å²) in [6, 6.07) is -0.598. The lowest BCUT2D eigenvalue weighted by molar-refractivity contribution is -0.143. The van der Waals surface area contributed by atoms with Gasteiger partial charge in [0.05, 0.1) is 6.04 Å². The molecule has 0 aromatic carbocycles. The van der Waals surface area contributed by atoms with Crippen LogP contribution in [-0.4, -0.2) is 54.7 Å². The molecule has 4 N–H and O–H groups in total. The fourth-order valence-electron chi connectivity index (χ4n) is 3.36. The van der Waals surface area contributed by atoms with E-state index in [2.05, 4.69) is 0 Å². The van der Waals surface area contributed by atoms with Crippen LogP contribution < -0.4 is 11.5 Å². The number of fused-ring (bicyclic) bond motifs is 1. The smallest absolute Gasteiger partial charge is 0.508 e. The van der Waals surface area contributed by atoms with Crippen molar-refractivity contribution in [1.82, 2.24) is 4.90 Å². The molecule has 0 radical (unpaired) electrons. The lowest BCUT2D eigenvalue weighted by atomic mass is 9.81. The van der Waals surface area contributed by atoms with Crippen LogP contribution >= 0.6 is 0 Å². The average Bonchev–Trinajstić information content (AvgIpc) is 2.80. The molecule has 2 saturated heterocycles. The molecule has 0 saturated carbocycles. The summed E-state index contributed by atoms with van der Waals surface area (Å²) < 4.78 is 11.2. The quantitative estimate of drug-likeness (QED) is 0.714. The van der Waals surface area contributed by atoms with Gasteiger partial charge < -0.3 is 25.7 Å². The van der Waals surface area contributed by atoms with Gasteiger partial charge in [-0.2, -0.15) is 0 Å². The maximum atomic E-state index is 12.7. The first-order chi connectivity index (χ1) is 10.7. The van der Waals surface area contributed by atoms with Crippen LogP contribution in [0, 0.1) is 5.92 Å². The largest absolute Gasteiger partial charge is 0.527 e. The standard InChI is InChI=1S/C15H28BN3O4/c1-10(2)22-16-7-5-4-6-12-8-19(13(20)11(3)17)9-15(12,18)14(21)23-16/h10-12H,4-9,17-18H2,1-3H3/t11-,12-,15-/m0/s1. The molecule has 0 aliphatic carbocycles. The third-order valence-corrected chi connectivity index (χ3v) is 4.61. The molecule has 3 atom stereocenters. The summed E-state index contributed by atoms with van der Waals surface area (Å²) in [4.78, 5) is 26.4. The highest BCUT2D eigenvalue weighted by molar-refractivity contribution is 6.47. The maximum absolute atomic E-state index is 12.7. The summed E-state index contributed by atoms with van der Waals surface area (Å²) in [6.07, 6.45) is 3.27. The minimum absolute atomic E-state index is 0.0298. The Hall–Kier alpha value is -1.12. The van der Waals surface area contributed by atoms with Gasteiger partial charge in [0, 0.05) is 25.1 Å². The monoisotopic (exact) mass is 325 g/mol. The molecule has 8 heteroatoms. The Morgan fingerprint density at radius 1 is 1.43 bits per heavy atom. The van der Waals surface area contributed by atoms with Crippen LogP contribution in [0.4, 0.5) is 0 Å². The normalized spacial score (nSPS) is 30.3. The van der Waals surface area contributed by atoms with Crippen molar-refractivity contribution in [3.63, 3.8) is 0 Å². The Morgan fingerprint density at radius 3 is 2.74 bits per heavy atom. The molecule has 2 fully saturated rings. The fraction of sp³-hybridized carbons (Fsp3) is 0.867. The molecular formula is C15H28BN3O4. The van der Waals surface area contributed by atoms with Crippen LogP contribution in [0.5, 0.6) is 0 Å². The van der Waals surface area contributed by atoms with Crippen LogP contribution in [0.2, 0.25) is 6.32 Å². The molecule has 130 valence electrons. The summed E-state index contributed by atoms with van der Waals surface area (Å²) in [5, 5.41) is 0. The van der Waals surface area contributed by atoms with Crippen LogP contribution in [0.3, 0.4) is 0 Å². The predicted octanol–water partition coefficient (Wildman–Crippen LogP) is 0.130. The van der Waals surface area contributed by atoms with Crippen LogP contribution in [0.15, 0.2) is 0 Å². The van der Waals surface area contributed by atoms with Gasteiger partial charge in [-0.3, -0.25) is 9.59 Å². The van der Waals surface area contributed by atoms with Crippen molar-refractivity contribution in [2.45, 2.75) is 64.0 Å². The molecule has 0 bridgehead atoms. The van der Waals surface area contributed by atoms with Crippen molar-refractivity contribution < 1.29 is 18.9 Å². The Labute approximate surface area is 138 Å². The number of hydrogen-bond acceptors (Lipinski definition) is 6. The molecule has 0 spiro atoms. The van der Waals surface area contributed by atoms with Crippen molar-refractivity contribution in [2.75, 3.05) is 13.1 Å². The molecule has 0 aromatic heterocycles. The molecule has 2 heterocycles. The molecule has 0 unspecified atom stereocenters. The third-order valence-electron chi connectivity index (χ3n) is 4.61. The van der Waals surface area contributed by atoms with E-state index in [0.29, 0.717) is 12.9 Å². The Bertz CT molecular complexity index is 460. The number of amides is 1. The first-order valence-corrected chi connectivity index (χ1v) is 8.44. The minimum Gasteiger partial charge on any atom is -0.508 e. The molecule has 2 aliphatic rings. The van der Waals surface area contributed by atoms with E-state index in [1.807, 2.05) is 13.8 Å². The van der Waals surface area contributed by atoms with Crippen molar-refractivity contribution in [3.8, 4) is 0 Å². The zero-order chi connectivity index (χ0) is 17.2. The highest BCUT2D eigenvalue weighted by Gasteiger charge is 2.52. The zero-order valence-electron chi connectivity index (χ0n) is 14.3. The number of nitrogens with zero attached hydrogens (tertiary/aromatic N) is 1. The van der Waals surface area contributed by atoms with E-state index in [-0.39, 0.29) is 24.5 Å². The van der Waals surface area contributed by atoms with Gasteiger partial charge in [-0.05, 0) is 33.5 Å². The second kappa shape index (κ2) is 7.19. The maximum Gasteiger partial charge on any atom is 0.527 e. The second-order valence-electron chi connectivity index (χ2n) is 7.05. The summed E-state index contributed by atoms with van der Waals surface area (Å²) >= 11 is 0. The van der Waals surface area contributed by atoms with Crippen LogP contribution in [-0.2, 0) is 18.9 Å². The van der Waals surface area contributed by atoms with Gasteiger partial charge >= 0.3 is 13.1 Å². The lowest BCUT2D eigenvalue weighted by Crippen LogP contribution is -2.57. The molecular weight excluding hydrogens is 297 g/mol. The summed E-state index contributed by atoms with van der Waals surface area (Å²) in [5.74, 6) is -0.757. The van der Waals surface area contributed by atoms with Crippen LogP contribution in [0.25, 0.3) is 0 Å². The molecule has 0 aromatic rings. The van der Waals surface area contributed by atoms with Gasteiger partial charge in [-0.25, -0.2) is 0 Å². The lowest BCUT2D eigenvalue weighted by Gasteiger charge is -2.28. The topological polar surface area (TPSA) is 108 Å². The van der Waals surface area contributed by atoms with Gasteiger partial charge in [0.15, 0.2) is 0 Å². The molecule has 7 nitrogen and oxygen atoms in total. The number of hydrogen-bond donors (Lipinski definition) is 2. The Balaban J connectivity index is 2.15. The average molecular weight is 325 g/mol.